The van der Waals surface area contributed by atoms with E-state index in [2.05, 4.69) is 41.1 Å². The number of sulfone groups is 1. The molecular formula is C45H51ClF3N5O7S3. The number of carbonyl (C=O) groups excluding carboxylic acids is 1. The van der Waals surface area contributed by atoms with Crippen LogP contribution < -0.4 is 14.9 Å². The summed E-state index contributed by atoms with van der Waals surface area (Å²) in [5.74, 6) is -0.892. The molecule has 1 heterocycles. The Bertz CT molecular complexity index is 2550. The normalized spacial score (nSPS) is 16.6. The van der Waals surface area contributed by atoms with Crippen LogP contribution in [0.5, 0.6) is 0 Å². The van der Waals surface area contributed by atoms with Gasteiger partial charge < -0.3 is 20.2 Å². The summed E-state index contributed by atoms with van der Waals surface area (Å²) >= 11 is 7.48. The molecule has 6 rings (SSSR count). The highest BCUT2D eigenvalue weighted by Crippen LogP contribution is 2.43. The van der Waals surface area contributed by atoms with Crippen molar-refractivity contribution >= 4 is 72.2 Å². The fourth-order valence-electron chi connectivity index (χ4n) is 7.77. The quantitative estimate of drug-likeness (QED) is 0.0921. The summed E-state index contributed by atoms with van der Waals surface area (Å²) in [6, 6.07) is 24.6. The molecule has 4 aromatic carbocycles. The lowest BCUT2D eigenvalue weighted by atomic mass is 9.73. The smallest absolute Gasteiger partial charge is 0.465 e. The Balaban J connectivity index is 1.13. The number of carbonyl (C=O) groups is 2. The Kier molecular flexibility index (Phi) is 15.4. The van der Waals surface area contributed by atoms with Crippen LogP contribution in [0, 0.1) is 5.41 Å². The van der Waals surface area contributed by atoms with Crippen molar-refractivity contribution in [2.24, 2.45) is 5.41 Å². The van der Waals surface area contributed by atoms with Crippen LogP contribution in [0.2, 0.25) is 5.02 Å². The molecular weight excluding hydrogens is 911 g/mol. The number of hydrogen-bond acceptors (Lipinski definition) is 10. The first-order valence-corrected chi connectivity index (χ1v) is 24.9. The minimum Gasteiger partial charge on any atom is -0.465 e. The first kappa shape index (κ1) is 48.7. The number of thioether (sulfide) groups is 1. The monoisotopic (exact) mass is 961 g/mol. The number of carboxylic acid groups (broad SMARTS) is 1. The lowest BCUT2D eigenvalue weighted by Crippen LogP contribution is -2.47. The third-order valence-corrected chi connectivity index (χ3v) is 15.7. The number of halogens is 4. The molecule has 1 aliphatic heterocycles. The molecule has 0 bridgehead atoms. The van der Waals surface area contributed by atoms with E-state index in [1.165, 1.54) is 47.7 Å². The highest BCUT2D eigenvalue weighted by molar-refractivity contribution is 7.99. The standard InChI is InChI=1S/C45H51ClF3N5O7S3/c1-44(2)21-19-39(31-9-13-34(46)14-10-31)33(28-44)29-53-23-25-54(26-24-53)36-15-11-32(12-16-36)42(55)51-64(60,61)38-17-18-40(41(27-38)63(58,59)45(47,48)49)50-35(20-22-52(3)43(56)57)30-62-37-7-5-4-6-8-37/h4-18,27,35,50H,19-26,28-30H2,1-3H3,(H,51,55)(H,56,57). The summed E-state index contributed by atoms with van der Waals surface area (Å²) in [7, 11) is -9.73. The zero-order chi connectivity index (χ0) is 46.5. The zero-order valence-corrected chi connectivity index (χ0v) is 38.8. The second-order valence-corrected chi connectivity index (χ2v) is 21.9. The van der Waals surface area contributed by atoms with Crippen molar-refractivity contribution < 1.29 is 44.7 Å². The van der Waals surface area contributed by atoms with Gasteiger partial charge in [-0.1, -0.05) is 61.4 Å². The Morgan fingerprint density at radius 2 is 1.58 bits per heavy atom. The van der Waals surface area contributed by atoms with Crippen LogP contribution in [0.25, 0.3) is 5.57 Å². The van der Waals surface area contributed by atoms with Crippen LogP contribution in [-0.4, -0.2) is 107 Å². The molecule has 1 aliphatic carbocycles. The Hall–Kier alpha value is -4.75. The lowest BCUT2D eigenvalue weighted by molar-refractivity contribution is -0.0436. The van der Waals surface area contributed by atoms with Gasteiger partial charge in [0.25, 0.3) is 25.8 Å². The average Bonchev–Trinajstić information content (AvgIpc) is 3.24. The summed E-state index contributed by atoms with van der Waals surface area (Å²) in [5.41, 5.74) is -1.36. The van der Waals surface area contributed by atoms with Gasteiger partial charge in [-0.25, -0.2) is 26.4 Å². The molecule has 1 fully saturated rings. The van der Waals surface area contributed by atoms with Crippen molar-refractivity contribution in [3.63, 3.8) is 0 Å². The molecule has 2 aliphatic rings. The largest absolute Gasteiger partial charge is 0.501 e. The molecule has 1 saturated heterocycles. The number of nitrogens with zero attached hydrogens (tertiary/aromatic N) is 3. The Morgan fingerprint density at radius 3 is 2.20 bits per heavy atom. The van der Waals surface area contributed by atoms with E-state index < -0.39 is 58.9 Å². The molecule has 0 spiro atoms. The fraction of sp³-hybridized carbons (Fsp3) is 0.378. The number of sulfonamides is 1. The number of anilines is 2. The van der Waals surface area contributed by atoms with Gasteiger partial charge in [-0.05, 0) is 109 Å². The number of rotatable bonds is 16. The van der Waals surface area contributed by atoms with Gasteiger partial charge in [0.15, 0.2) is 0 Å². The summed E-state index contributed by atoms with van der Waals surface area (Å²) in [4.78, 5) is 28.8. The first-order chi connectivity index (χ1) is 30.1. The SMILES string of the molecule is CN(CCC(CSc1ccccc1)Nc1ccc(S(=O)(=O)NC(=O)c2ccc(N3CCN(CC4=C(c5ccc(Cl)cc5)CCC(C)(C)C4)CC3)cc2)cc1S(=O)(=O)C(F)(F)F)C(=O)O. The molecule has 1 unspecified atom stereocenters. The van der Waals surface area contributed by atoms with E-state index in [-0.39, 0.29) is 29.7 Å². The summed E-state index contributed by atoms with van der Waals surface area (Å²) < 4.78 is 97.0. The van der Waals surface area contributed by atoms with E-state index in [1.54, 1.807) is 42.5 Å². The van der Waals surface area contributed by atoms with Gasteiger partial charge in [-0.15, -0.1) is 11.8 Å². The fourth-order valence-corrected chi connectivity index (χ4v) is 10.9. The second-order valence-electron chi connectivity index (χ2n) is 16.7. The van der Waals surface area contributed by atoms with Gasteiger partial charge in [0.1, 0.15) is 4.90 Å². The number of amides is 2. The average molecular weight is 963 g/mol. The van der Waals surface area contributed by atoms with E-state index in [0.29, 0.717) is 24.2 Å². The molecule has 2 amide bonds. The molecule has 1 atom stereocenters. The maximum Gasteiger partial charge on any atom is 0.501 e. The van der Waals surface area contributed by atoms with E-state index in [0.717, 1.165) is 66.5 Å². The number of benzene rings is 4. The van der Waals surface area contributed by atoms with Gasteiger partial charge in [0.05, 0.1) is 10.6 Å². The number of hydrogen-bond donors (Lipinski definition) is 3. The van der Waals surface area contributed by atoms with Crippen molar-refractivity contribution in [3.05, 3.63) is 119 Å². The maximum absolute atomic E-state index is 14.1. The highest BCUT2D eigenvalue weighted by atomic mass is 35.5. The molecule has 0 radical (unpaired) electrons. The maximum atomic E-state index is 14.1. The number of alkyl halides is 3. The second kappa shape index (κ2) is 20.2. The third kappa shape index (κ3) is 12.3. The van der Waals surface area contributed by atoms with Crippen molar-refractivity contribution in [1.82, 2.24) is 14.5 Å². The van der Waals surface area contributed by atoms with Gasteiger partial charge in [0.2, 0.25) is 0 Å². The van der Waals surface area contributed by atoms with Gasteiger partial charge in [-0.3, -0.25) is 9.69 Å². The van der Waals surface area contributed by atoms with Crippen LogP contribution in [0.15, 0.2) is 117 Å². The predicted molar refractivity (Wildman–Crippen MR) is 245 cm³/mol. The van der Waals surface area contributed by atoms with Gasteiger partial charge in [0, 0.05) is 79.3 Å². The topological polar surface area (TPSA) is 156 Å². The van der Waals surface area contributed by atoms with Crippen molar-refractivity contribution in [1.29, 1.82) is 0 Å². The number of allylic oxidation sites excluding steroid dienone is 1. The van der Waals surface area contributed by atoms with Gasteiger partial charge >= 0.3 is 11.6 Å². The number of nitrogens with one attached hydrogen (secondary N) is 2. The van der Waals surface area contributed by atoms with Crippen LogP contribution in [0.3, 0.4) is 0 Å². The van der Waals surface area contributed by atoms with E-state index in [4.69, 9.17) is 11.6 Å². The molecule has 0 aromatic heterocycles. The summed E-state index contributed by atoms with van der Waals surface area (Å²) in [5, 5.41) is 12.8. The van der Waals surface area contributed by atoms with Crippen LogP contribution in [-0.2, 0) is 19.9 Å². The van der Waals surface area contributed by atoms with Gasteiger partial charge in [-0.2, -0.15) is 13.2 Å². The van der Waals surface area contributed by atoms with Crippen LogP contribution in [0.4, 0.5) is 29.3 Å². The van der Waals surface area contributed by atoms with E-state index >= 15 is 0 Å². The first-order valence-electron chi connectivity index (χ1n) is 20.6. The summed E-state index contributed by atoms with van der Waals surface area (Å²) in [6.07, 6.45) is 1.93. The van der Waals surface area contributed by atoms with Crippen molar-refractivity contribution in [2.75, 3.05) is 62.3 Å². The molecule has 4 aromatic rings. The molecule has 344 valence electrons. The molecule has 12 nitrogen and oxygen atoms in total. The minimum atomic E-state index is -6.14. The van der Waals surface area contributed by atoms with Crippen LogP contribution >= 0.6 is 23.4 Å². The Labute approximate surface area is 381 Å². The van der Waals surface area contributed by atoms with E-state index in [9.17, 15) is 44.7 Å². The molecule has 64 heavy (non-hydrogen) atoms. The summed E-state index contributed by atoms with van der Waals surface area (Å²) in [6.45, 7) is 8.44. The number of piperazine rings is 1. The van der Waals surface area contributed by atoms with E-state index in [1.807, 2.05) is 16.9 Å². The minimum absolute atomic E-state index is 0.0425. The Morgan fingerprint density at radius 1 is 0.922 bits per heavy atom. The third-order valence-electron chi connectivity index (χ3n) is 11.4. The molecule has 0 saturated carbocycles. The molecule has 3 N–H and O–H groups in total. The van der Waals surface area contributed by atoms with Crippen molar-refractivity contribution in [2.45, 2.75) is 65.8 Å². The lowest BCUT2D eigenvalue weighted by Gasteiger charge is -2.39. The van der Waals surface area contributed by atoms with Crippen molar-refractivity contribution in [3.8, 4) is 0 Å². The predicted octanol–water partition coefficient (Wildman–Crippen LogP) is 9.11. The zero-order valence-electron chi connectivity index (χ0n) is 35.6. The van der Waals surface area contributed by atoms with Crippen LogP contribution in [0.1, 0.15) is 55.5 Å². The highest BCUT2D eigenvalue weighted by Gasteiger charge is 2.48. The molecule has 19 heteroatoms.